The smallest absolute Gasteiger partial charge is 0.335 e. The molecular weight excluding hydrogens is 120 g/mol. The number of carbonyl (C=O) groups is 1. The van der Waals surface area contributed by atoms with Gasteiger partial charge < -0.3 is 5.73 Å². The van der Waals surface area contributed by atoms with Crippen LogP contribution in [0.15, 0.2) is 9.98 Å². The van der Waals surface area contributed by atoms with Gasteiger partial charge in [0.1, 0.15) is 6.21 Å². The summed E-state index contributed by atoms with van der Waals surface area (Å²) in [4.78, 5) is 19.6. The Morgan fingerprint density at radius 2 is 2.67 bits per heavy atom. The van der Waals surface area contributed by atoms with E-state index < -0.39 is 6.03 Å². The highest BCUT2D eigenvalue weighted by atomic mass is 16.2. The number of primary amides is 1. The highest BCUT2D eigenvalue weighted by Gasteiger charge is 2.07. The lowest BCUT2D eigenvalue weighted by atomic mass is 10.9. The SMILES string of the molecule is NC(=O)N=C1N=CC=[NH+]1. The van der Waals surface area contributed by atoms with Crippen LogP contribution in [0.1, 0.15) is 0 Å². The molecular formula is C4H5N4O+. The van der Waals surface area contributed by atoms with Gasteiger partial charge in [0.2, 0.25) is 0 Å². The van der Waals surface area contributed by atoms with Crippen LogP contribution in [0, 0.1) is 0 Å². The second kappa shape index (κ2) is 2.17. The summed E-state index contributed by atoms with van der Waals surface area (Å²) in [6.07, 6.45) is 3.05. The van der Waals surface area contributed by atoms with Gasteiger partial charge in [0.25, 0.3) is 0 Å². The lowest BCUT2D eigenvalue weighted by molar-refractivity contribution is -0.306. The van der Waals surface area contributed by atoms with Crippen molar-refractivity contribution < 1.29 is 9.79 Å². The van der Waals surface area contributed by atoms with Gasteiger partial charge in [0, 0.05) is 0 Å². The molecule has 3 N–H and O–H groups in total. The molecule has 0 spiro atoms. The number of hydrogen-bond donors (Lipinski definition) is 2. The number of urea groups is 1. The molecule has 1 rings (SSSR count). The van der Waals surface area contributed by atoms with E-state index in [9.17, 15) is 4.79 Å². The third kappa shape index (κ3) is 1.45. The lowest BCUT2D eigenvalue weighted by Gasteiger charge is -1.70. The number of rotatable bonds is 0. The van der Waals surface area contributed by atoms with E-state index in [1.165, 1.54) is 6.21 Å². The van der Waals surface area contributed by atoms with Gasteiger partial charge in [0.15, 0.2) is 0 Å². The summed E-state index contributed by atoms with van der Waals surface area (Å²) in [5.74, 6) is 0.238. The van der Waals surface area contributed by atoms with Crippen molar-refractivity contribution in [2.75, 3.05) is 0 Å². The van der Waals surface area contributed by atoms with Crippen LogP contribution in [0.4, 0.5) is 4.79 Å². The number of nitrogens with zero attached hydrogens (tertiary/aromatic N) is 2. The van der Waals surface area contributed by atoms with Crippen LogP contribution in [-0.2, 0) is 0 Å². The summed E-state index contributed by atoms with van der Waals surface area (Å²) in [7, 11) is 0. The van der Waals surface area contributed by atoms with Crippen molar-refractivity contribution in [2.24, 2.45) is 15.7 Å². The Hall–Kier alpha value is -1.52. The first kappa shape index (κ1) is 5.61. The van der Waals surface area contributed by atoms with Crippen LogP contribution in [0.3, 0.4) is 0 Å². The Morgan fingerprint density at radius 3 is 3.11 bits per heavy atom. The molecule has 0 radical (unpaired) electrons. The van der Waals surface area contributed by atoms with Gasteiger partial charge in [-0.25, -0.2) is 9.79 Å². The summed E-state index contributed by atoms with van der Waals surface area (Å²) in [5.41, 5.74) is 4.72. The largest absolute Gasteiger partial charge is 0.435 e. The topological polar surface area (TPSA) is 81.8 Å². The Balaban J connectivity index is 2.73. The summed E-state index contributed by atoms with van der Waals surface area (Å²) in [6.45, 7) is 0. The highest BCUT2D eigenvalue weighted by Crippen LogP contribution is 1.71. The second-order valence-corrected chi connectivity index (χ2v) is 1.36. The zero-order valence-corrected chi connectivity index (χ0v) is 4.53. The molecule has 0 aromatic rings. The van der Waals surface area contributed by atoms with E-state index >= 15 is 0 Å². The Kier molecular flexibility index (Phi) is 1.35. The fraction of sp³-hybridized carbons (Fsp3) is 0. The minimum Gasteiger partial charge on any atom is -0.335 e. The maximum absolute atomic E-state index is 10.1. The number of amides is 2. The van der Waals surface area contributed by atoms with Gasteiger partial charge in [-0.1, -0.05) is 4.99 Å². The van der Waals surface area contributed by atoms with Gasteiger partial charge in [-0.05, 0) is 4.99 Å². The normalized spacial score (nSPS) is 19.3. The zero-order chi connectivity index (χ0) is 6.69. The van der Waals surface area contributed by atoms with Gasteiger partial charge in [-0.2, -0.15) is 0 Å². The van der Waals surface area contributed by atoms with Crippen LogP contribution < -0.4 is 10.7 Å². The van der Waals surface area contributed by atoms with E-state index in [1.54, 1.807) is 6.21 Å². The maximum Gasteiger partial charge on any atom is 0.435 e. The van der Waals surface area contributed by atoms with Crippen molar-refractivity contribution in [1.29, 1.82) is 0 Å². The Morgan fingerprint density at radius 1 is 1.89 bits per heavy atom. The summed E-state index contributed by atoms with van der Waals surface area (Å²) < 4.78 is 0. The van der Waals surface area contributed by atoms with Gasteiger partial charge in [0.05, 0.1) is 6.21 Å². The molecule has 1 aliphatic heterocycles. The molecule has 0 aromatic heterocycles. The Labute approximate surface area is 51.0 Å². The molecule has 0 bridgehead atoms. The molecule has 46 valence electrons. The van der Waals surface area contributed by atoms with Crippen LogP contribution in [-0.4, -0.2) is 24.4 Å². The van der Waals surface area contributed by atoms with E-state index in [2.05, 4.69) is 15.0 Å². The second-order valence-electron chi connectivity index (χ2n) is 1.36. The van der Waals surface area contributed by atoms with E-state index in [4.69, 9.17) is 5.73 Å². The molecule has 5 heteroatoms. The van der Waals surface area contributed by atoms with Crippen molar-refractivity contribution in [3.05, 3.63) is 0 Å². The number of nitrogens with one attached hydrogen (secondary N) is 1. The van der Waals surface area contributed by atoms with E-state index in [-0.39, 0.29) is 5.96 Å². The molecule has 0 fully saturated rings. The highest BCUT2D eigenvalue weighted by molar-refractivity contribution is 6.20. The molecule has 0 atom stereocenters. The van der Waals surface area contributed by atoms with Crippen LogP contribution >= 0.6 is 0 Å². The molecule has 0 saturated carbocycles. The molecule has 0 unspecified atom stereocenters. The third-order valence-corrected chi connectivity index (χ3v) is 0.700. The monoisotopic (exact) mass is 125 g/mol. The van der Waals surface area contributed by atoms with Crippen molar-refractivity contribution >= 4 is 24.4 Å². The van der Waals surface area contributed by atoms with E-state index in [1.807, 2.05) is 0 Å². The summed E-state index contributed by atoms with van der Waals surface area (Å²) in [6, 6.07) is -0.745. The van der Waals surface area contributed by atoms with Crippen LogP contribution in [0.2, 0.25) is 0 Å². The summed E-state index contributed by atoms with van der Waals surface area (Å²) in [5, 5.41) is 0. The van der Waals surface area contributed by atoms with Gasteiger partial charge >= 0.3 is 12.0 Å². The molecule has 1 heterocycles. The van der Waals surface area contributed by atoms with Crippen molar-refractivity contribution in [3.63, 3.8) is 0 Å². The fourth-order valence-electron chi connectivity index (χ4n) is 0.422. The molecule has 0 saturated heterocycles. The zero-order valence-electron chi connectivity index (χ0n) is 4.53. The number of aliphatic imine (C=N–C) groups is 2. The molecule has 1 aliphatic rings. The number of carbonyl (C=O) groups excluding carboxylic acids is 1. The third-order valence-electron chi connectivity index (χ3n) is 0.700. The number of nitrogens with two attached hydrogens (primary N) is 1. The van der Waals surface area contributed by atoms with Gasteiger partial charge in [-0.3, -0.25) is 0 Å². The number of hydrogen-bond acceptors (Lipinski definition) is 1. The summed E-state index contributed by atoms with van der Waals surface area (Å²) >= 11 is 0. The predicted molar refractivity (Wildman–Crippen MR) is 32.5 cm³/mol. The van der Waals surface area contributed by atoms with Crippen molar-refractivity contribution in [1.82, 2.24) is 0 Å². The first-order valence-corrected chi connectivity index (χ1v) is 2.29. The molecule has 2 amide bonds. The average molecular weight is 125 g/mol. The number of guanidine groups is 1. The Bertz CT molecular complexity index is 201. The standard InChI is InChI=1S/C4H4N4O/c5-3(9)8-4-6-1-2-7-4/h1-2H,(H2,5,9)/p+1. The first-order chi connectivity index (χ1) is 4.29. The predicted octanol–water partition coefficient (Wildman–Crippen LogP) is -2.34. The molecule has 0 aliphatic carbocycles. The molecule has 0 aromatic carbocycles. The first-order valence-electron chi connectivity index (χ1n) is 2.29. The quantitative estimate of drug-likeness (QED) is 0.373. The van der Waals surface area contributed by atoms with Crippen LogP contribution in [0.25, 0.3) is 0 Å². The van der Waals surface area contributed by atoms with Crippen molar-refractivity contribution in [3.8, 4) is 0 Å². The van der Waals surface area contributed by atoms with E-state index in [0.717, 1.165) is 0 Å². The molecule has 9 heavy (non-hydrogen) atoms. The average Bonchev–Trinajstić information content (AvgIpc) is 2.15. The minimum atomic E-state index is -0.745. The minimum absolute atomic E-state index is 0.238. The van der Waals surface area contributed by atoms with Gasteiger partial charge in [-0.15, -0.1) is 0 Å². The van der Waals surface area contributed by atoms with E-state index in [0.29, 0.717) is 0 Å². The lowest BCUT2D eigenvalue weighted by Crippen LogP contribution is -2.71. The van der Waals surface area contributed by atoms with Crippen LogP contribution in [0.5, 0.6) is 0 Å². The molecule has 5 nitrogen and oxygen atoms in total. The van der Waals surface area contributed by atoms with Crippen molar-refractivity contribution in [2.45, 2.75) is 0 Å². The maximum atomic E-state index is 10.1. The fourth-order valence-corrected chi connectivity index (χ4v) is 0.422.